The summed E-state index contributed by atoms with van der Waals surface area (Å²) in [5.74, 6) is 0.917. The molecule has 100 valence electrons. The molecule has 0 radical (unpaired) electrons. The van der Waals surface area contributed by atoms with Crippen molar-refractivity contribution < 1.29 is 4.74 Å². The molecule has 0 unspecified atom stereocenters. The Morgan fingerprint density at radius 2 is 1.84 bits per heavy atom. The lowest BCUT2D eigenvalue weighted by atomic mass is 10.1. The molecule has 0 saturated heterocycles. The molecule has 1 nitrogen and oxygen atoms in total. The first kappa shape index (κ1) is 14.6. The van der Waals surface area contributed by atoms with E-state index in [0.717, 1.165) is 21.1 Å². The van der Waals surface area contributed by atoms with E-state index in [-0.39, 0.29) is 0 Å². The van der Waals surface area contributed by atoms with Crippen LogP contribution in [0.1, 0.15) is 22.3 Å². The van der Waals surface area contributed by atoms with Crippen molar-refractivity contribution >= 4 is 31.9 Å². The van der Waals surface area contributed by atoms with Crippen LogP contribution in [0.5, 0.6) is 5.75 Å². The Morgan fingerprint density at radius 3 is 2.58 bits per heavy atom. The van der Waals surface area contributed by atoms with E-state index in [1.165, 1.54) is 16.7 Å². The van der Waals surface area contributed by atoms with Gasteiger partial charge in [-0.2, -0.15) is 0 Å². The SMILES string of the molecule is Cc1ccc(C)c(COc2c(Br)cccc2CBr)c1. The Bertz CT molecular complexity index is 579. The number of para-hydroxylation sites is 1. The maximum Gasteiger partial charge on any atom is 0.138 e. The third-order valence-corrected chi connectivity index (χ3v) is 4.30. The van der Waals surface area contributed by atoms with E-state index >= 15 is 0 Å². The molecule has 0 aliphatic carbocycles. The number of alkyl halides is 1. The van der Waals surface area contributed by atoms with Gasteiger partial charge < -0.3 is 4.74 Å². The molecule has 0 aliphatic heterocycles. The highest BCUT2D eigenvalue weighted by atomic mass is 79.9. The molecule has 2 rings (SSSR count). The van der Waals surface area contributed by atoms with Crippen molar-refractivity contribution in [1.82, 2.24) is 0 Å². The monoisotopic (exact) mass is 382 g/mol. The largest absolute Gasteiger partial charge is 0.487 e. The van der Waals surface area contributed by atoms with Gasteiger partial charge in [0.2, 0.25) is 0 Å². The van der Waals surface area contributed by atoms with Crippen LogP contribution in [0.2, 0.25) is 0 Å². The molecule has 2 aromatic carbocycles. The topological polar surface area (TPSA) is 9.23 Å². The van der Waals surface area contributed by atoms with Gasteiger partial charge in [-0.3, -0.25) is 0 Å². The average Bonchev–Trinajstić information content (AvgIpc) is 2.40. The predicted molar refractivity (Wildman–Crippen MR) is 87.0 cm³/mol. The van der Waals surface area contributed by atoms with Crippen molar-refractivity contribution in [1.29, 1.82) is 0 Å². The quantitative estimate of drug-likeness (QED) is 0.629. The van der Waals surface area contributed by atoms with Crippen LogP contribution in [0.3, 0.4) is 0 Å². The lowest BCUT2D eigenvalue weighted by Gasteiger charge is -2.13. The van der Waals surface area contributed by atoms with E-state index in [0.29, 0.717) is 6.61 Å². The summed E-state index contributed by atoms with van der Waals surface area (Å²) in [5.41, 5.74) is 4.91. The van der Waals surface area contributed by atoms with Crippen molar-refractivity contribution in [2.75, 3.05) is 0 Å². The molecule has 19 heavy (non-hydrogen) atoms. The van der Waals surface area contributed by atoms with Gasteiger partial charge in [-0.1, -0.05) is 51.8 Å². The van der Waals surface area contributed by atoms with E-state index in [4.69, 9.17) is 4.74 Å². The summed E-state index contributed by atoms with van der Waals surface area (Å²) in [6.07, 6.45) is 0. The summed E-state index contributed by atoms with van der Waals surface area (Å²) in [4.78, 5) is 0. The van der Waals surface area contributed by atoms with Gasteiger partial charge in [-0.15, -0.1) is 0 Å². The molecule has 0 atom stereocenters. The number of hydrogen-bond donors (Lipinski definition) is 0. The number of rotatable bonds is 4. The molecule has 0 aromatic heterocycles. The minimum Gasteiger partial charge on any atom is -0.487 e. The third kappa shape index (κ3) is 3.61. The molecule has 0 bridgehead atoms. The molecule has 0 amide bonds. The number of benzene rings is 2. The molecule has 0 aliphatic rings. The minimum atomic E-state index is 0.593. The second-order valence-corrected chi connectivity index (χ2v) is 6.00. The van der Waals surface area contributed by atoms with Gasteiger partial charge in [-0.05, 0) is 47.0 Å². The van der Waals surface area contributed by atoms with Crippen LogP contribution < -0.4 is 4.74 Å². The van der Waals surface area contributed by atoms with Gasteiger partial charge in [0.05, 0.1) is 4.47 Å². The maximum atomic E-state index is 6.00. The van der Waals surface area contributed by atoms with Crippen molar-refractivity contribution in [3.63, 3.8) is 0 Å². The molecular formula is C16H16Br2O. The Balaban J connectivity index is 2.21. The molecule has 0 saturated carbocycles. The van der Waals surface area contributed by atoms with Gasteiger partial charge >= 0.3 is 0 Å². The predicted octanol–water partition coefficient (Wildman–Crippen LogP) is 5.54. The van der Waals surface area contributed by atoms with Crippen LogP contribution in [0.25, 0.3) is 0 Å². The second-order valence-electron chi connectivity index (χ2n) is 4.58. The summed E-state index contributed by atoms with van der Waals surface area (Å²) >= 11 is 7.04. The normalized spacial score (nSPS) is 10.5. The molecule has 0 heterocycles. The zero-order chi connectivity index (χ0) is 13.8. The van der Waals surface area contributed by atoms with Crippen LogP contribution in [-0.4, -0.2) is 0 Å². The maximum absolute atomic E-state index is 6.00. The van der Waals surface area contributed by atoms with Crippen molar-refractivity contribution in [2.24, 2.45) is 0 Å². The average molecular weight is 384 g/mol. The molecule has 0 fully saturated rings. The first-order chi connectivity index (χ1) is 9.11. The third-order valence-electron chi connectivity index (χ3n) is 3.07. The number of aryl methyl sites for hydroxylation is 2. The highest BCUT2D eigenvalue weighted by molar-refractivity contribution is 9.10. The Labute approximate surface area is 131 Å². The molecule has 0 spiro atoms. The minimum absolute atomic E-state index is 0.593. The number of ether oxygens (including phenoxy) is 1. The van der Waals surface area contributed by atoms with Crippen molar-refractivity contribution in [3.8, 4) is 5.75 Å². The van der Waals surface area contributed by atoms with E-state index in [1.54, 1.807) is 0 Å². The van der Waals surface area contributed by atoms with Crippen LogP contribution in [0.15, 0.2) is 40.9 Å². The summed E-state index contributed by atoms with van der Waals surface area (Å²) in [7, 11) is 0. The fourth-order valence-electron chi connectivity index (χ4n) is 1.93. The van der Waals surface area contributed by atoms with Crippen LogP contribution in [0.4, 0.5) is 0 Å². The van der Waals surface area contributed by atoms with Crippen molar-refractivity contribution in [3.05, 3.63) is 63.1 Å². The number of halogens is 2. The standard InChI is InChI=1S/C16H16Br2O/c1-11-6-7-12(2)14(8-11)10-19-16-13(9-17)4-3-5-15(16)18/h3-8H,9-10H2,1-2H3. The molecule has 2 aromatic rings. The fraction of sp³-hybridized carbons (Fsp3) is 0.250. The van der Waals surface area contributed by atoms with Gasteiger partial charge in [0.25, 0.3) is 0 Å². The van der Waals surface area contributed by atoms with E-state index in [1.807, 2.05) is 12.1 Å². The molecule has 3 heteroatoms. The Hall–Kier alpha value is -0.800. The summed E-state index contributed by atoms with van der Waals surface area (Å²) in [6.45, 7) is 4.81. The zero-order valence-electron chi connectivity index (χ0n) is 11.0. The fourth-order valence-corrected chi connectivity index (χ4v) is 2.89. The smallest absolute Gasteiger partial charge is 0.138 e. The highest BCUT2D eigenvalue weighted by Crippen LogP contribution is 2.31. The van der Waals surface area contributed by atoms with E-state index in [2.05, 4.69) is 70.0 Å². The summed E-state index contributed by atoms with van der Waals surface area (Å²) < 4.78 is 7.00. The summed E-state index contributed by atoms with van der Waals surface area (Å²) in [5, 5.41) is 0.786. The first-order valence-electron chi connectivity index (χ1n) is 6.14. The number of hydrogen-bond acceptors (Lipinski definition) is 1. The van der Waals surface area contributed by atoms with Crippen LogP contribution in [-0.2, 0) is 11.9 Å². The van der Waals surface area contributed by atoms with Gasteiger partial charge in [-0.25, -0.2) is 0 Å². The van der Waals surface area contributed by atoms with Gasteiger partial charge in [0.15, 0.2) is 0 Å². The van der Waals surface area contributed by atoms with E-state index < -0.39 is 0 Å². The first-order valence-corrected chi connectivity index (χ1v) is 8.05. The summed E-state index contributed by atoms with van der Waals surface area (Å²) in [6, 6.07) is 12.5. The van der Waals surface area contributed by atoms with Crippen molar-refractivity contribution in [2.45, 2.75) is 25.8 Å². The lowest BCUT2D eigenvalue weighted by Crippen LogP contribution is -2.01. The van der Waals surface area contributed by atoms with E-state index in [9.17, 15) is 0 Å². The lowest BCUT2D eigenvalue weighted by molar-refractivity contribution is 0.301. The van der Waals surface area contributed by atoms with Gasteiger partial charge in [0.1, 0.15) is 12.4 Å². The van der Waals surface area contributed by atoms with Crippen LogP contribution >= 0.6 is 31.9 Å². The molecule has 0 N–H and O–H groups in total. The highest BCUT2D eigenvalue weighted by Gasteiger charge is 2.08. The second kappa shape index (κ2) is 6.58. The zero-order valence-corrected chi connectivity index (χ0v) is 14.2. The Morgan fingerprint density at radius 1 is 1.05 bits per heavy atom. The van der Waals surface area contributed by atoms with Gasteiger partial charge in [0, 0.05) is 10.9 Å². The molecular weight excluding hydrogens is 368 g/mol. The Kier molecular flexibility index (Phi) is 5.06. The van der Waals surface area contributed by atoms with Crippen LogP contribution in [0, 0.1) is 13.8 Å².